The lowest BCUT2D eigenvalue weighted by atomic mass is 9.74. The van der Waals surface area contributed by atoms with Crippen LogP contribution in [0.15, 0.2) is 46.6 Å². The Balaban J connectivity index is 2.37. The van der Waals surface area contributed by atoms with Crippen LogP contribution in [0.2, 0.25) is 0 Å². The van der Waals surface area contributed by atoms with Gasteiger partial charge in [0.25, 0.3) is 0 Å². The molecular weight excluding hydrogens is 252 g/mol. The molecule has 0 aliphatic heterocycles. The zero-order valence-corrected chi connectivity index (χ0v) is 14.5. The molecule has 2 aliphatic carbocycles. The van der Waals surface area contributed by atoms with E-state index in [0.29, 0.717) is 5.41 Å². The average Bonchev–Trinajstić information content (AvgIpc) is 3.03. The van der Waals surface area contributed by atoms with Gasteiger partial charge in [-0.2, -0.15) is 0 Å². The van der Waals surface area contributed by atoms with Gasteiger partial charge in [0.15, 0.2) is 0 Å². The molecular formula is C21H32. The molecule has 0 saturated carbocycles. The number of rotatable bonds is 6. The molecule has 1 atom stereocenters. The first-order valence-corrected chi connectivity index (χ1v) is 8.89. The van der Waals surface area contributed by atoms with Crippen molar-refractivity contribution in [3.8, 4) is 0 Å². The summed E-state index contributed by atoms with van der Waals surface area (Å²) < 4.78 is 0. The number of hydrogen-bond acceptors (Lipinski definition) is 0. The van der Waals surface area contributed by atoms with Gasteiger partial charge in [0.2, 0.25) is 0 Å². The summed E-state index contributed by atoms with van der Waals surface area (Å²) >= 11 is 0. The van der Waals surface area contributed by atoms with Crippen LogP contribution in [0.1, 0.15) is 79.1 Å². The van der Waals surface area contributed by atoms with E-state index in [1.807, 2.05) is 0 Å². The van der Waals surface area contributed by atoms with Gasteiger partial charge in [-0.25, -0.2) is 0 Å². The lowest BCUT2D eigenvalue weighted by Gasteiger charge is -2.30. The first-order chi connectivity index (χ1) is 10.1. The molecule has 0 aromatic rings. The summed E-state index contributed by atoms with van der Waals surface area (Å²) in [5.74, 6) is 0. The van der Waals surface area contributed by atoms with E-state index in [1.54, 1.807) is 22.3 Å². The van der Waals surface area contributed by atoms with Crippen molar-refractivity contribution in [1.29, 1.82) is 0 Å². The fourth-order valence-electron chi connectivity index (χ4n) is 4.06. The van der Waals surface area contributed by atoms with Gasteiger partial charge in [0, 0.05) is 5.41 Å². The lowest BCUT2D eigenvalue weighted by molar-refractivity contribution is 0.468. The number of hydrogen-bond donors (Lipinski definition) is 0. The van der Waals surface area contributed by atoms with Crippen LogP contribution in [-0.4, -0.2) is 0 Å². The van der Waals surface area contributed by atoms with Gasteiger partial charge in [-0.3, -0.25) is 0 Å². The Bertz CT molecular complexity index is 484. The second-order valence-corrected chi connectivity index (χ2v) is 6.89. The molecule has 0 bridgehead atoms. The fourth-order valence-corrected chi connectivity index (χ4v) is 4.06. The summed E-state index contributed by atoms with van der Waals surface area (Å²) in [6.07, 6.45) is 19.7. The lowest BCUT2D eigenvalue weighted by Crippen LogP contribution is -2.18. The minimum atomic E-state index is 0.304. The number of unbranched alkanes of at least 4 members (excludes halogenated alkanes) is 1. The van der Waals surface area contributed by atoms with Crippen LogP contribution >= 0.6 is 0 Å². The highest BCUT2D eigenvalue weighted by molar-refractivity contribution is 5.49. The van der Waals surface area contributed by atoms with Crippen LogP contribution in [0.3, 0.4) is 0 Å². The molecule has 0 heterocycles. The Morgan fingerprint density at radius 3 is 2.48 bits per heavy atom. The van der Waals surface area contributed by atoms with E-state index < -0.39 is 0 Å². The minimum absolute atomic E-state index is 0.304. The van der Waals surface area contributed by atoms with E-state index in [2.05, 4.69) is 52.0 Å². The van der Waals surface area contributed by atoms with Crippen LogP contribution in [0.25, 0.3) is 0 Å². The van der Waals surface area contributed by atoms with Gasteiger partial charge in [-0.15, -0.1) is 0 Å². The summed E-state index contributed by atoms with van der Waals surface area (Å²) in [5, 5.41) is 0. The molecule has 0 N–H and O–H groups in total. The molecule has 116 valence electrons. The minimum Gasteiger partial charge on any atom is -0.0845 e. The third kappa shape index (κ3) is 3.42. The molecule has 0 spiro atoms. The molecule has 0 aromatic heterocycles. The fraction of sp³-hybridized carbons (Fsp3) is 0.619. The molecule has 0 nitrogen and oxygen atoms in total. The van der Waals surface area contributed by atoms with Crippen molar-refractivity contribution in [2.45, 2.75) is 79.1 Å². The van der Waals surface area contributed by atoms with E-state index in [0.717, 1.165) is 6.42 Å². The topological polar surface area (TPSA) is 0 Å². The van der Waals surface area contributed by atoms with E-state index in [4.69, 9.17) is 0 Å². The van der Waals surface area contributed by atoms with Crippen LogP contribution in [0.5, 0.6) is 0 Å². The SMILES string of the molecule is CCC=CC1=C(C=CCCC)CCC1(C)C1=C(C)CCC1. The van der Waals surface area contributed by atoms with E-state index in [9.17, 15) is 0 Å². The summed E-state index contributed by atoms with van der Waals surface area (Å²) in [7, 11) is 0. The van der Waals surface area contributed by atoms with Gasteiger partial charge in [0.05, 0.1) is 0 Å². The predicted octanol–water partition coefficient (Wildman–Crippen LogP) is 6.91. The van der Waals surface area contributed by atoms with Gasteiger partial charge in [0.1, 0.15) is 0 Å². The molecule has 2 rings (SSSR count). The summed E-state index contributed by atoms with van der Waals surface area (Å²) in [6, 6.07) is 0. The maximum absolute atomic E-state index is 2.49. The molecule has 21 heavy (non-hydrogen) atoms. The Labute approximate surface area is 131 Å². The first kappa shape index (κ1) is 16.3. The predicted molar refractivity (Wildman–Crippen MR) is 94.4 cm³/mol. The number of allylic oxidation sites excluding steroid dienone is 8. The summed E-state index contributed by atoms with van der Waals surface area (Å²) in [6.45, 7) is 9.34. The molecule has 1 unspecified atom stereocenters. The van der Waals surface area contributed by atoms with Crippen molar-refractivity contribution < 1.29 is 0 Å². The highest BCUT2D eigenvalue weighted by Crippen LogP contribution is 2.53. The molecule has 0 radical (unpaired) electrons. The standard InChI is InChI=1S/C21H32/c1-5-7-9-12-18-15-16-21(4,20(18)13-8-6-2)19-14-10-11-17(19)3/h8-9,12-13H,5-7,10-11,14-16H2,1-4H3. The van der Waals surface area contributed by atoms with Crippen LogP contribution < -0.4 is 0 Å². The van der Waals surface area contributed by atoms with Crippen molar-refractivity contribution in [3.63, 3.8) is 0 Å². The zero-order chi connectivity index (χ0) is 15.3. The Morgan fingerprint density at radius 1 is 1.05 bits per heavy atom. The van der Waals surface area contributed by atoms with Gasteiger partial charge < -0.3 is 0 Å². The smallest absolute Gasteiger partial charge is 0.0142 e. The first-order valence-electron chi connectivity index (χ1n) is 8.89. The summed E-state index contributed by atoms with van der Waals surface area (Å²) in [4.78, 5) is 0. The molecule has 2 aliphatic rings. The van der Waals surface area contributed by atoms with Crippen LogP contribution in [0, 0.1) is 5.41 Å². The maximum Gasteiger partial charge on any atom is 0.0142 e. The van der Waals surface area contributed by atoms with Crippen LogP contribution in [0.4, 0.5) is 0 Å². The Morgan fingerprint density at radius 2 is 1.86 bits per heavy atom. The summed E-state index contributed by atoms with van der Waals surface area (Å²) in [5.41, 5.74) is 6.91. The Kier molecular flexibility index (Phi) is 5.67. The van der Waals surface area contributed by atoms with E-state index in [1.165, 1.54) is 44.9 Å². The molecule has 0 saturated heterocycles. The average molecular weight is 284 g/mol. The van der Waals surface area contributed by atoms with E-state index in [-0.39, 0.29) is 0 Å². The second-order valence-electron chi connectivity index (χ2n) is 6.89. The largest absolute Gasteiger partial charge is 0.0845 e. The molecule has 0 fully saturated rings. The van der Waals surface area contributed by atoms with Crippen molar-refractivity contribution in [3.05, 3.63) is 46.6 Å². The Hall–Kier alpha value is -1.04. The molecule has 0 aromatic carbocycles. The van der Waals surface area contributed by atoms with Gasteiger partial charge in [-0.1, -0.05) is 62.6 Å². The third-order valence-electron chi connectivity index (χ3n) is 5.29. The van der Waals surface area contributed by atoms with Crippen molar-refractivity contribution in [1.82, 2.24) is 0 Å². The molecule has 0 amide bonds. The van der Waals surface area contributed by atoms with E-state index >= 15 is 0 Å². The maximum atomic E-state index is 2.49. The van der Waals surface area contributed by atoms with Crippen molar-refractivity contribution >= 4 is 0 Å². The van der Waals surface area contributed by atoms with Gasteiger partial charge in [-0.05, 0) is 63.0 Å². The zero-order valence-electron chi connectivity index (χ0n) is 14.5. The van der Waals surface area contributed by atoms with Gasteiger partial charge >= 0.3 is 0 Å². The van der Waals surface area contributed by atoms with Crippen molar-refractivity contribution in [2.75, 3.05) is 0 Å². The third-order valence-corrected chi connectivity index (χ3v) is 5.29. The highest BCUT2D eigenvalue weighted by atomic mass is 14.4. The quantitative estimate of drug-likeness (QED) is 0.465. The highest BCUT2D eigenvalue weighted by Gasteiger charge is 2.39. The van der Waals surface area contributed by atoms with Crippen molar-refractivity contribution in [2.24, 2.45) is 5.41 Å². The second kappa shape index (κ2) is 7.29. The molecule has 0 heteroatoms. The normalized spacial score (nSPS) is 27.0. The van der Waals surface area contributed by atoms with Crippen LogP contribution in [-0.2, 0) is 0 Å². The monoisotopic (exact) mass is 284 g/mol.